The van der Waals surface area contributed by atoms with E-state index in [1.807, 2.05) is 0 Å². The highest BCUT2D eigenvalue weighted by molar-refractivity contribution is 5.93. The predicted molar refractivity (Wildman–Crippen MR) is 94.9 cm³/mol. The molecule has 2 N–H and O–H groups in total. The fourth-order valence-corrected chi connectivity index (χ4v) is 3.70. The van der Waals surface area contributed by atoms with Gasteiger partial charge in [-0.15, -0.1) is 0 Å². The van der Waals surface area contributed by atoms with Crippen LogP contribution in [-0.2, 0) is 24.3 Å². The maximum Gasteiger partial charge on any atom is 0.411 e. The lowest BCUT2D eigenvalue weighted by Gasteiger charge is -2.27. The average molecular weight is 411 g/mol. The van der Waals surface area contributed by atoms with Crippen LogP contribution in [0.4, 0.5) is 13.2 Å². The molecular weight excluding hydrogens is 391 g/mol. The summed E-state index contributed by atoms with van der Waals surface area (Å²) in [6, 6.07) is 5.16. The Morgan fingerprint density at radius 1 is 1.34 bits per heavy atom. The molecule has 1 aromatic carbocycles. The number of alkyl halides is 3. The molecule has 2 aliphatic heterocycles. The van der Waals surface area contributed by atoms with Crippen LogP contribution >= 0.6 is 0 Å². The minimum Gasteiger partial charge on any atom is -0.493 e. The van der Waals surface area contributed by atoms with Crippen molar-refractivity contribution in [2.75, 3.05) is 19.8 Å². The Kier molecular flexibility index (Phi) is 5.12. The van der Waals surface area contributed by atoms with Crippen LogP contribution in [0.25, 0.3) is 0 Å². The standard InChI is InChI=1S/C19H20F3N3O4/c20-19(21,22)10-27-8-11-2-3-14-12(6-11)7-13(9-29-14)15-16(17(23)26)24-25-4-1-5-28-18(15)25/h2-3,6,13H,1,4-5,7-10H2,(H2,23,26)/t13-/m0/s1. The molecule has 0 bridgehead atoms. The zero-order valence-electron chi connectivity index (χ0n) is 15.5. The molecule has 7 nitrogen and oxygen atoms in total. The second kappa shape index (κ2) is 7.58. The third-order valence-electron chi connectivity index (χ3n) is 4.90. The van der Waals surface area contributed by atoms with Gasteiger partial charge in [0, 0.05) is 18.9 Å². The van der Waals surface area contributed by atoms with Crippen LogP contribution in [0.15, 0.2) is 18.2 Å². The number of aromatic nitrogens is 2. The van der Waals surface area contributed by atoms with Gasteiger partial charge in [0.05, 0.1) is 25.4 Å². The number of benzene rings is 1. The van der Waals surface area contributed by atoms with E-state index in [0.717, 1.165) is 12.0 Å². The quantitative estimate of drug-likeness (QED) is 0.817. The Labute approximate surface area is 164 Å². The van der Waals surface area contributed by atoms with Crippen LogP contribution in [0.2, 0.25) is 0 Å². The zero-order valence-corrected chi connectivity index (χ0v) is 15.5. The summed E-state index contributed by atoms with van der Waals surface area (Å²) in [5.74, 6) is 0.346. The SMILES string of the molecule is NC(=O)c1nn2c(c1[C@@H]1COc3ccc(COCC(F)(F)F)cc3C1)OCCC2. The van der Waals surface area contributed by atoms with Crippen LogP contribution in [-0.4, -0.2) is 41.7 Å². The van der Waals surface area contributed by atoms with Crippen LogP contribution in [0.5, 0.6) is 11.6 Å². The highest BCUT2D eigenvalue weighted by Crippen LogP contribution is 2.39. The molecule has 0 spiro atoms. The molecule has 1 amide bonds. The molecule has 29 heavy (non-hydrogen) atoms. The number of hydrogen-bond acceptors (Lipinski definition) is 5. The number of fused-ring (bicyclic) bond motifs is 2. The molecule has 156 valence electrons. The monoisotopic (exact) mass is 411 g/mol. The van der Waals surface area contributed by atoms with Crippen molar-refractivity contribution >= 4 is 5.91 Å². The number of nitrogens with two attached hydrogens (primary N) is 1. The van der Waals surface area contributed by atoms with Crippen molar-refractivity contribution in [1.82, 2.24) is 9.78 Å². The van der Waals surface area contributed by atoms with Crippen molar-refractivity contribution in [3.63, 3.8) is 0 Å². The van der Waals surface area contributed by atoms with E-state index < -0.39 is 18.7 Å². The first kappa shape index (κ1) is 19.6. The predicted octanol–water partition coefficient (Wildman–Crippen LogP) is 2.56. The lowest BCUT2D eigenvalue weighted by atomic mass is 9.89. The van der Waals surface area contributed by atoms with Crippen molar-refractivity contribution in [3.8, 4) is 11.6 Å². The molecule has 0 radical (unpaired) electrons. The fourth-order valence-electron chi connectivity index (χ4n) is 3.70. The first-order valence-corrected chi connectivity index (χ1v) is 9.24. The van der Waals surface area contributed by atoms with E-state index in [-0.39, 0.29) is 18.2 Å². The van der Waals surface area contributed by atoms with Gasteiger partial charge in [-0.2, -0.15) is 18.3 Å². The number of carbonyl (C=O) groups is 1. The molecule has 0 fully saturated rings. The molecule has 0 unspecified atom stereocenters. The molecule has 3 heterocycles. The van der Waals surface area contributed by atoms with Gasteiger partial charge in [-0.05, 0) is 29.7 Å². The van der Waals surface area contributed by atoms with Crippen LogP contribution < -0.4 is 15.2 Å². The number of ether oxygens (including phenoxy) is 3. The van der Waals surface area contributed by atoms with E-state index in [2.05, 4.69) is 5.10 Å². The maximum absolute atomic E-state index is 12.3. The third-order valence-corrected chi connectivity index (χ3v) is 4.90. The minimum absolute atomic E-state index is 0.156. The number of aryl methyl sites for hydroxylation is 1. The molecule has 4 rings (SSSR count). The van der Waals surface area contributed by atoms with Gasteiger partial charge in [0.25, 0.3) is 5.91 Å². The van der Waals surface area contributed by atoms with E-state index in [1.165, 1.54) is 0 Å². The molecule has 2 aromatic rings. The number of primary amides is 1. The Morgan fingerprint density at radius 3 is 2.93 bits per heavy atom. The van der Waals surface area contributed by atoms with Crippen molar-refractivity contribution < 1.29 is 32.2 Å². The smallest absolute Gasteiger partial charge is 0.411 e. The molecule has 0 saturated carbocycles. The van der Waals surface area contributed by atoms with Crippen LogP contribution in [0.3, 0.4) is 0 Å². The molecule has 1 aromatic heterocycles. The highest BCUT2D eigenvalue weighted by atomic mass is 19.4. The van der Waals surface area contributed by atoms with Crippen LogP contribution in [0, 0.1) is 0 Å². The first-order valence-electron chi connectivity index (χ1n) is 9.24. The maximum atomic E-state index is 12.3. The van der Waals surface area contributed by atoms with E-state index in [4.69, 9.17) is 19.9 Å². The average Bonchev–Trinajstić information content (AvgIpc) is 3.06. The Hall–Kier alpha value is -2.75. The summed E-state index contributed by atoms with van der Waals surface area (Å²) >= 11 is 0. The number of nitrogens with zero attached hydrogens (tertiary/aromatic N) is 2. The topological polar surface area (TPSA) is 88.6 Å². The first-order chi connectivity index (χ1) is 13.8. The third kappa shape index (κ3) is 4.16. The van der Waals surface area contributed by atoms with Crippen molar-refractivity contribution in [3.05, 3.63) is 40.6 Å². The van der Waals surface area contributed by atoms with Gasteiger partial charge in [-0.3, -0.25) is 4.79 Å². The lowest BCUT2D eigenvalue weighted by molar-refractivity contribution is -0.176. The summed E-state index contributed by atoms with van der Waals surface area (Å²) < 4.78 is 54.8. The van der Waals surface area contributed by atoms with Gasteiger partial charge in [0.1, 0.15) is 12.4 Å². The molecule has 10 heteroatoms. The number of halogens is 3. The largest absolute Gasteiger partial charge is 0.493 e. The molecule has 0 aliphatic carbocycles. The second-order valence-corrected chi connectivity index (χ2v) is 7.12. The van der Waals surface area contributed by atoms with Gasteiger partial charge >= 0.3 is 6.18 Å². The summed E-state index contributed by atoms with van der Waals surface area (Å²) in [7, 11) is 0. The molecule has 1 atom stereocenters. The molecule has 0 saturated heterocycles. The number of carbonyl (C=O) groups excluding carboxylic acids is 1. The minimum atomic E-state index is -4.37. The second-order valence-electron chi connectivity index (χ2n) is 7.12. The van der Waals surface area contributed by atoms with E-state index >= 15 is 0 Å². The van der Waals surface area contributed by atoms with Crippen molar-refractivity contribution in [2.24, 2.45) is 5.73 Å². The lowest BCUT2D eigenvalue weighted by Crippen LogP contribution is -2.24. The van der Waals surface area contributed by atoms with E-state index in [0.29, 0.717) is 48.9 Å². The summed E-state index contributed by atoms with van der Waals surface area (Å²) in [4.78, 5) is 11.9. The number of amides is 1. The highest BCUT2D eigenvalue weighted by Gasteiger charge is 2.33. The van der Waals surface area contributed by atoms with Crippen LogP contribution in [0.1, 0.15) is 39.5 Å². The normalized spacial score (nSPS) is 18.4. The van der Waals surface area contributed by atoms with Crippen molar-refractivity contribution in [2.45, 2.75) is 38.1 Å². The van der Waals surface area contributed by atoms with Gasteiger partial charge in [-0.1, -0.05) is 6.07 Å². The summed E-state index contributed by atoms with van der Waals surface area (Å²) in [6.07, 6.45) is -3.06. The fraction of sp³-hybridized carbons (Fsp3) is 0.474. The molecule has 2 aliphatic rings. The van der Waals surface area contributed by atoms with Gasteiger partial charge in [0.15, 0.2) is 5.69 Å². The molecular formula is C19H20F3N3O4. The Morgan fingerprint density at radius 2 is 2.17 bits per heavy atom. The summed E-state index contributed by atoms with van der Waals surface area (Å²) in [5.41, 5.74) is 7.75. The van der Waals surface area contributed by atoms with Gasteiger partial charge in [0.2, 0.25) is 5.88 Å². The van der Waals surface area contributed by atoms with Gasteiger partial charge < -0.3 is 19.9 Å². The van der Waals surface area contributed by atoms with E-state index in [9.17, 15) is 18.0 Å². The Bertz CT molecular complexity index is 926. The Balaban J connectivity index is 1.56. The summed E-state index contributed by atoms with van der Waals surface area (Å²) in [6.45, 7) is 0.0306. The number of rotatable bonds is 5. The van der Waals surface area contributed by atoms with Gasteiger partial charge in [-0.25, -0.2) is 4.68 Å². The summed E-state index contributed by atoms with van der Waals surface area (Å²) in [5, 5.41) is 4.30. The number of hydrogen-bond donors (Lipinski definition) is 1. The van der Waals surface area contributed by atoms with Crippen molar-refractivity contribution in [1.29, 1.82) is 0 Å². The zero-order chi connectivity index (χ0) is 20.6. The van der Waals surface area contributed by atoms with E-state index in [1.54, 1.807) is 22.9 Å².